The molecule has 4 rings (SSSR count). The lowest BCUT2D eigenvalue weighted by Gasteiger charge is -2.31. The predicted octanol–water partition coefficient (Wildman–Crippen LogP) is 4.32. The lowest BCUT2D eigenvalue weighted by Crippen LogP contribution is -2.32. The highest BCUT2D eigenvalue weighted by Gasteiger charge is 2.34. The topological polar surface area (TPSA) is 146 Å². The first-order valence-electron chi connectivity index (χ1n) is 13.1. The average Bonchev–Trinajstić information content (AvgIpc) is 2.93. The van der Waals surface area contributed by atoms with Gasteiger partial charge in [-0.25, -0.2) is 9.97 Å². The largest absolute Gasteiger partial charge is 0.460 e. The van der Waals surface area contributed by atoms with E-state index in [0.29, 0.717) is 42.4 Å². The van der Waals surface area contributed by atoms with Gasteiger partial charge in [0.2, 0.25) is 0 Å². The Labute approximate surface area is 240 Å². The summed E-state index contributed by atoms with van der Waals surface area (Å²) >= 11 is 0. The van der Waals surface area contributed by atoms with Crippen LogP contribution in [0.25, 0.3) is 0 Å². The molecule has 0 aliphatic carbocycles. The van der Waals surface area contributed by atoms with E-state index in [1.54, 1.807) is 37.8 Å². The Hall–Kier alpha value is -4.80. The van der Waals surface area contributed by atoms with Crippen LogP contribution < -0.4 is 15.5 Å². The van der Waals surface area contributed by atoms with E-state index >= 15 is 0 Å². The minimum Gasteiger partial charge on any atom is -0.460 e. The maximum Gasteiger partial charge on any atom is 0.417 e. The maximum atomic E-state index is 13.4. The minimum atomic E-state index is -4.65. The van der Waals surface area contributed by atoms with Crippen LogP contribution >= 0.6 is 0 Å². The van der Waals surface area contributed by atoms with Gasteiger partial charge in [0.15, 0.2) is 11.5 Å². The Morgan fingerprint density at radius 3 is 2.57 bits per heavy atom. The van der Waals surface area contributed by atoms with Gasteiger partial charge in [-0.3, -0.25) is 9.59 Å². The number of nitrogens with zero attached hydrogens (tertiary/aromatic N) is 6. The van der Waals surface area contributed by atoms with Crippen LogP contribution in [-0.2, 0) is 28.7 Å². The Balaban J connectivity index is 1.36. The summed E-state index contributed by atoms with van der Waals surface area (Å²) in [7, 11) is 0. The number of amides is 1. The average molecular weight is 583 g/mol. The molecule has 2 N–H and O–H groups in total. The number of hydrogen-bond donors (Lipinski definition) is 2. The molecular weight excluding hydrogens is 553 g/mol. The molecule has 0 saturated carbocycles. The summed E-state index contributed by atoms with van der Waals surface area (Å²) in [6, 6.07) is 8.31. The van der Waals surface area contributed by atoms with E-state index in [2.05, 4.69) is 30.8 Å². The van der Waals surface area contributed by atoms with Crippen molar-refractivity contribution in [2.24, 2.45) is 0 Å². The van der Waals surface area contributed by atoms with Crippen molar-refractivity contribution in [3.63, 3.8) is 0 Å². The van der Waals surface area contributed by atoms with Crippen molar-refractivity contribution in [3.05, 3.63) is 64.7 Å². The molecule has 220 valence electrons. The number of hydrogen-bond acceptors (Lipinski definition) is 10. The molecule has 3 aromatic rings. The van der Waals surface area contributed by atoms with Crippen LogP contribution in [0.2, 0.25) is 0 Å². The van der Waals surface area contributed by atoms with Crippen molar-refractivity contribution in [1.29, 1.82) is 5.26 Å². The summed E-state index contributed by atoms with van der Waals surface area (Å²) in [5.74, 6) is 0.0384. The van der Waals surface area contributed by atoms with E-state index in [4.69, 9.17) is 10.00 Å². The number of aromatic nitrogens is 4. The standard InChI is InChI=1S/C28H29F3N8O3/c1-27(2,3)42-24(40)5-4-11-33-26(41)21-8-9-23(38-37-21)36-25-19-10-12-39(15-22(19)34-16-35-25)18-7-6-17(14-32)20(13-18)28(29,30)31/h6-9,13,16H,4-5,10-12,15H2,1-3H3,(H,33,41)(H,34,35,36,38). The first-order valence-corrected chi connectivity index (χ1v) is 13.1. The zero-order chi connectivity index (χ0) is 30.5. The van der Waals surface area contributed by atoms with E-state index in [-0.39, 0.29) is 31.2 Å². The number of nitrogens with one attached hydrogen (secondary N) is 2. The van der Waals surface area contributed by atoms with Crippen molar-refractivity contribution < 1.29 is 27.5 Å². The normalized spacial score (nSPS) is 13.1. The zero-order valence-corrected chi connectivity index (χ0v) is 23.2. The number of esters is 1. The van der Waals surface area contributed by atoms with Gasteiger partial charge < -0.3 is 20.3 Å². The summed E-state index contributed by atoms with van der Waals surface area (Å²) in [5.41, 5.74) is -0.120. The highest BCUT2D eigenvalue weighted by molar-refractivity contribution is 5.92. The lowest BCUT2D eigenvalue weighted by atomic mass is 10.0. The molecule has 14 heteroatoms. The fourth-order valence-corrected chi connectivity index (χ4v) is 4.30. The van der Waals surface area contributed by atoms with Crippen molar-refractivity contribution in [2.75, 3.05) is 23.3 Å². The van der Waals surface area contributed by atoms with Crippen LogP contribution in [0.15, 0.2) is 36.7 Å². The molecule has 0 atom stereocenters. The molecule has 1 aromatic carbocycles. The van der Waals surface area contributed by atoms with Crippen molar-refractivity contribution in [2.45, 2.75) is 58.4 Å². The second-order valence-corrected chi connectivity index (χ2v) is 10.5. The highest BCUT2D eigenvalue weighted by atomic mass is 19.4. The molecule has 1 aliphatic rings. The number of carbonyl (C=O) groups excluding carboxylic acids is 2. The minimum absolute atomic E-state index is 0.0961. The molecule has 0 saturated heterocycles. The Morgan fingerprint density at radius 2 is 1.90 bits per heavy atom. The summed E-state index contributed by atoms with van der Waals surface area (Å²) < 4.78 is 45.6. The number of nitriles is 1. The quantitative estimate of drug-likeness (QED) is 0.291. The summed E-state index contributed by atoms with van der Waals surface area (Å²) in [6.07, 6.45) is -2.27. The van der Waals surface area contributed by atoms with Gasteiger partial charge in [-0.15, -0.1) is 10.2 Å². The van der Waals surface area contributed by atoms with Crippen molar-refractivity contribution >= 4 is 29.2 Å². The Morgan fingerprint density at radius 1 is 1.12 bits per heavy atom. The zero-order valence-electron chi connectivity index (χ0n) is 23.2. The molecule has 42 heavy (non-hydrogen) atoms. The molecule has 0 bridgehead atoms. The van der Waals surface area contributed by atoms with Gasteiger partial charge in [0, 0.05) is 30.8 Å². The van der Waals surface area contributed by atoms with Gasteiger partial charge in [-0.05, 0) is 63.9 Å². The molecule has 11 nitrogen and oxygen atoms in total. The molecule has 1 aliphatic heterocycles. The third kappa shape index (κ3) is 7.68. The molecule has 3 heterocycles. The third-order valence-electron chi connectivity index (χ3n) is 6.21. The van der Waals surface area contributed by atoms with Gasteiger partial charge in [0.05, 0.1) is 29.4 Å². The molecule has 1 amide bonds. The smallest absolute Gasteiger partial charge is 0.417 e. The Bertz CT molecular complexity index is 1500. The van der Waals surface area contributed by atoms with Crippen LogP contribution in [0.5, 0.6) is 0 Å². The van der Waals surface area contributed by atoms with Crippen molar-refractivity contribution in [3.8, 4) is 6.07 Å². The lowest BCUT2D eigenvalue weighted by molar-refractivity contribution is -0.154. The fraction of sp³-hybridized carbons (Fsp3) is 0.393. The van der Waals surface area contributed by atoms with E-state index in [1.807, 2.05) is 0 Å². The number of carbonyl (C=O) groups is 2. The second kappa shape index (κ2) is 12.4. The van der Waals surface area contributed by atoms with Crippen molar-refractivity contribution in [1.82, 2.24) is 25.5 Å². The number of rotatable bonds is 8. The van der Waals surface area contributed by atoms with Crippen LogP contribution in [0.3, 0.4) is 0 Å². The number of benzene rings is 1. The predicted molar refractivity (Wildman–Crippen MR) is 146 cm³/mol. The molecule has 0 spiro atoms. The first-order chi connectivity index (χ1) is 19.8. The van der Waals surface area contributed by atoms with E-state index < -0.39 is 28.8 Å². The molecule has 0 unspecified atom stereocenters. The van der Waals surface area contributed by atoms with Gasteiger partial charge in [-0.2, -0.15) is 18.4 Å². The van der Waals surface area contributed by atoms with Gasteiger partial charge in [0.25, 0.3) is 5.91 Å². The SMILES string of the molecule is CC(C)(C)OC(=O)CCCNC(=O)c1ccc(Nc2ncnc3c2CCN(c2ccc(C#N)c(C(F)(F)F)c2)C3)nn1. The van der Waals surface area contributed by atoms with E-state index in [9.17, 15) is 22.8 Å². The number of anilines is 3. The number of alkyl halides is 3. The van der Waals surface area contributed by atoms with Gasteiger partial charge in [0.1, 0.15) is 17.7 Å². The van der Waals surface area contributed by atoms with Gasteiger partial charge >= 0.3 is 12.1 Å². The fourth-order valence-electron chi connectivity index (χ4n) is 4.30. The number of ether oxygens (including phenoxy) is 1. The van der Waals surface area contributed by atoms with Crippen LogP contribution in [0, 0.1) is 11.3 Å². The monoisotopic (exact) mass is 582 g/mol. The maximum absolute atomic E-state index is 13.4. The molecule has 0 radical (unpaired) electrons. The summed E-state index contributed by atoms with van der Waals surface area (Å²) in [5, 5.41) is 22.8. The van der Waals surface area contributed by atoms with E-state index in [0.717, 1.165) is 11.6 Å². The molecule has 0 fully saturated rings. The highest BCUT2D eigenvalue weighted by Crippen LogP contribution is 2.36. The van der Waals surface area contributed by atoms with E-state index in [1.165, 1.54) is 24.5 Å². The van der Waals surface area contributed by atoms with Crippen LogP contribution in [0.1, 0.15) is 66.5 Å². The summed E-state index contributed by atoms with van der Waals surface area (Å²) in [6.45, 7) is 6.27. The van der Waals surface area contributed by atoms with Crippen LogP contribution in [0.4, 0.5) is 30.5 Å². The number of fused-ring (bicyclic) bond motifs is 1. The number of halogens is 3. The second-order valence-electron chi connectivity index (χ2n) is 10.5. The summed E-state index contributed by atoms with van der Waals surface area (Å²) in [4.78, 5) is 34.5. The first kappa shape index (κ1) is 30.2. The Kier molecular flexibility index (Phi) is 8.89. The molecule has 2 aromatic heterocycles. The molecular formula is C28H29F3N8O3. The van der Waals surface area contributed by atoms with Gasteiger partial charge in [-0.1, -0.05) is 0 Å². The third-order valence-corrected chi connectivity index (χ3v) is 6.21. The van der Waals surface area contributed by atoms with Crippen LogP contribution in [-0.4, -0.2) is 50.7 Å².